The minimum atomic E-state index is -1.14. The average molecular weight is 1970 g/mol. The number of benzene rings is 2. The summed E-state index contributed by atoms with van der Waals surface area (Å²) in [6.07, 6.45) is 20.7. The van der Waals surface area contributed by atoms with Crippen LogP contribution in [0.4, 0.5) is 11.4 Å². The maximum absolute atomic E-state index is 11.5. The molecule has 740 valence electrons. The number of nitrogens with zero attached hydrogens (tertiary/aromatic N) is 1. The van der Waals surface area contributed by atoms with Crippen molar-refractivity contribution in [1.29, 1.82) is 0 Å². The molecule has 8 rings (SSSR count). The molecule has 0 heterocycles. The van der Waals surface area contributed by atoms with E-state index in [1.165, 1.54) is 0 Å². The van der Waals surface area contributed by atoms with Crippen LogP contribution in [0.25, 0.3) is 0 Å². The molecule has 131 heavy (non-hydrogen) atoms. The number of nitrogen functional groups attached to an aromatic ring is 1. The van der Waals surface area contributed by atoms with E-state index in [1.54, 1.807) is 87.0 Å². The van der Waals surface area contributed by atoms with Crippen LogP contribution < -0.4 is 47.5 Å². The molecule has 1 saturated carbocycles. The number of ketones is 4. The molecule has 0 bridgehead atoms. The summed E-state index contributed by atoms with van der Waals surface area (Å²) >= 11 is 21.0. The Hall–Kier alpha value is -9.73. The number of rotatable bonds is 26. The van der Waals surface area contributed by atoms with Crippen LogP contribution in [-0.4, -0.2) is 192 Å². The number of anilines is 2. The zero-order valence-electron chi connectivity index (χ0n) is 79.4. The molecule has 0 amide bonds. The van der Waals surface area contributed by atoms with Gasteiger partial charge in [-0.2, -0.15) is 9.59 Å². The number of nitrogens with two attached hydrogens (primary N) is 2. The van der Waals surface area contributed by atoms with Crippen LogP contribution in [0, 0.1) is 39.1 Å². The molecule has 2 aromatic carbocycles. The van der Waals surface area contributed by atoms with Gasteiger partial charge in [0.15, 0.2) is 11.6 Å². The first-order valence-corrected chi connectivity index (χ1v) is 42.8. The van der Waals surface area contributed by atoms with Crippen molar-refractivity contribution in [1.82, 2.24) is 21.3 Å². The number of Topliss-reactive ketones (excluding diaryl/α,β-unsaturated/α-hetero) is 2. The van der Waals surface area contributed by atoms with Gasteiger partial charge in [0.1, 0.15) is 55.8 Å². The summed E-state index contributed by atoms with van der Waals surface area (Å²) in [4.78, 5) is 150. The van der Waals surface area contributed by atoms with Crippen LogP contribution >= 0.6 is 71.2 Å². The normalized spacial score (nSPS) is 16.0. The van der Waals surface area contributed by atoms with Crippen molar-refractivity contribution in [2.24, 2.45) is 43.2 Å². The minimum absolute atomic E-state index is 0. The molecule has 0 radical (unpaired) electrons. The number of allylic oxidation sites excluding steroid dienone is 14. The van der Waals surface area contributed by atoms with E-state index in [2.05, 4.69) is 108 Å². The number of esters is 6. The summed E-state index contributed by atoms with van der Waals surface area (Å²) in [5, 5.41) is 22.2. The van der Waals surface area contributed by atoms with Gasteiger partial charge in [0, 0.05) is 100 Å². The summed E-state index contributed by atoms with van der Waals surface area (Å²) in [7, 11) is 3.28. The fraction of sp³-hybridized carbons (Fsp3) is 0.554. The number of methoxy groups -OCH3 is 2. The Morgan fingerprint density at radius 2 is 0.733 bits per heavy atom. The number of aliphatic hydroxyl groups is 1. The van der Waals surface area contributed by atoms with E-state index in [1.807, 2.05) is 108 Å². The molecule has 12 N–H and O–H groups in total. The first-order chi connectivity index (χ1) is 59.7. The SMILES string of the molecule is CC1(C)CC(=O)CC(=O)C1.CCO.CCOC(=O)CN.CCOC(=O)CN=C1C=C(Nc2ccc(OC)cc2)CC(C)(C)C1.CCOC(=O)CNC1=CC(=O)CC(C)(C)C1.CCOC(=O)CNC1=CC(=O)CC(C)(C)C1.CCOC(=O)CNC1=CC(Cl)=CC(C)(C)C1.CCOC(=O)CNC1=CC(Cl)=CC(C)(C)C1.COc1ccc(N)cc1.Cl.Cl.O.O=C(Cl)C(=O)Cl.O=C=O.[C-]#[O+]. The molecule has 33 nitrogen and oxygen atoms in total. The van der Waals surface area contributed by atoms with Crippen LogP contribution in [0.5, 0.6) is 11.5 Å². The Morgan fingerprint density at radius 1 is 0.450 bits per heavy atom. The monoisotopic (exact) mass is 1970 g/mol. The third-order valence-electron chi connectivity index (χ3n) is 16.6. The van der Waals surface area contributed by atoms with E-state index in [9.17, 15) is 57.5 Å². The van der Waals surface area contributed by atoms with E-state index in [-0.39, 0.29) is 180 Å². The topological polar surface area (TPSA) is 509 Å². The Morgan fingerprint density at radius 3 is 1.01 bits per heavy atom. The molecule has 0 unspecified atom stereocenters. The standard InChI is InChI=1S/C19H26N2O3.2C12H18ClNO2.2C12H19NO3.C8H12O2.C7H9NO.C4H9NO2.C2Cl2O2.C2H6O.CO2.CO.2ClH.H2O/c1-5-24-18(22)13-20-15-10-16(12-19(2,3)11-15)21-14-6-8-17(23-4)9-7-14;2*1-4-16-11(15)8-14-10-5-9(13)6-12(2,3)7-10;2*1-4-16-11(15)8-13-9-5-10(14)7-12(2,3)6-9;1-8(2)4-6(9)3-7(10)5-8;1-9-7-4-2-6(8)3-5-7;1-2-7-4(6)3-5;3-1(5)2(4)6;1-2-3;2-1-3;1-2;;;/h6-10,21H,5,11-13H2,1-4H3;2*5-6,14H,4,7-8H2,1-3H3;2*5,13H,4,6-8H2,1-3H3;3-5H2,1-2H3;2-5H,8H2,1H3;2-3,5H2,1H3;;3H,2H2,1H3;;;2*1H;1H2. The van der Waals surface area contributed by atoms with Gasteiger partial charge in [-0.1, -0.05) is 118 Å². The van der Waals surface area contributed by atoms with Crippen molar-refractivity contribution in [3.63, 3.8) is 0 Å². The first kappa shape index (κ1) is 134. The van der Waals surface area contributed by atoms with E-state index < -0.39 is 10.5 Å². The molecule has 6 aliphatic rings. The molecule has 6 aliphatic carbocycles. The second kappa shape index (κ2) is 73.8. The number of ether oxygens (including phenoxy) is 8. The molecule has 0 saturated heterocycles. The summed E-state index contributed by atoms with van der Waals surface area (Å²) in [5.41, 5.74) is 17.7. The summed E-state index contributed by atoms with van der Waals surface area (Å²) in [6, 6.07) is 15.1. The fourth-order valence-electron chi connectivity index (χ4n) is 12.2. The van der Waals surface area contributed by atoms with Crippen LogP contribution in [-0.2, 0) is 100 Å². The molecule has 0 aliphatic heterocycles. The van der Waals surface area contributed by atoms with Gasteiger partial charge in [-0.15, -0.1) is 24.8 Å². The van der Waals surface area contributed by atoms with Crippen LogP contribution in [0.1, 0.15) is 202 Å². The Bertz CT molecular complexity index is 3950. The molecular weight excluding hydrogens is 1830 g/mol. The van der Waals surface area contributed by atoms with Gasteiger partial charge < -0.3 is 86.5 Å². The van der Waals surface area contributed by atoms with E-state index >= 15 is 0 Å². The van der Waals surface area contributed by atoms with Gasteiger partial charge in [-0.25, -0.2) is 0 Å². The van der Waals surface area contributed by atoms with Gasteiger partial charge in [-0.3, -0.25) is 62.5 Å². The van der Waals surface area contributed by atoms with E-state index in [4.69, 9.17) is 87.2 Å². The molecule has 39 heteroatoms. The van der Waals surface area contributed by atoms with Gasteiger partial charge >= 0.3 is 63.8 Å². The molecule has 0 atom stereocenters. The molecule has 0 aromatic heterocycles. The zero-order valence-corrected chi connectivity index (χ0v) is 84.1. The fourth-order valence-corrected chi connectivity index (χ4v) is 13.0. The van der Waals surface area contributed by atoms with Gasteiger partial charge in [0.05, 0.1) is 66.8 Å². The molecule has 2 aromatic rings. The summed E-state index contributed by atoms with van der Waals surface area (Å²) in [6.45, 7) is 45.1. The predicted octanol–water partition coefficient (Wildman–Crippen LogP) is 13.8. The molecule has 0 spiro atoms. The second-order valence-electron chi connectivity index (χ2n) is 32.8. The van der Waals surface area contributed by atoms with Crippen molar-refractivity contribution in [3.05, 3.63) is 136 Å². The number of hydrogen-bond acceptors (Lipinski definition) is 31. The van der Waals surface area contributed by atoms with Crippen molar-refractivity contribution >= 4 is 164 Å². The van der Waals surface area contributed by atoms with E-state index in [0.717, 1.165) is 95.6 Å². The van der Waals surface area contributed by atoms with Crippen molar-refractivity contribution in [3.8, 4) is 11.5 Å². The number of halogens is 6. The Labute approximate surface area is 804 Å². The Kier molecular flexibility index (Phi) is 75.7. The number of aliphatic hydroxyl groups excluding tert-OH is 1. The molecule has 1 fully saturated rings. The second-order valence-corrected chi connectivity index (χ2v) is 34.4. The van der Waals surface area contributed by atoms with Gasteiger partial charge in [0.25, 0.3) is 0 Å². The maximum atomic E-state index is 11.5. The number of nitrogens with one attached hydrogen (secondary N) is 5. The predicted molar refractivity (Wildman–Crippen MR) is 511 cm³/mol. The summed E-state index contributed by atoms with van der Waals surface area (Å²) in [5.74, 6) is 0.387. The number of carbonyl (C=O) groups is 12. The van der Waals surface area contributed by atoms with Gasteiger partial charge in [-0.05, 0) is 209 Å². The third-order valence-corrected chi connectivity index (χ3v) is 17.5. The van der Waals surface area contributed by atoms with Gasteiger partial charge in [0.2, 0.25) is 0 Å². The first-order valence-electron chi connectivity index (χ1n) is 41.2. The Balaban J connectivity index is -0.000000266. The van der Waals surface area contributed by atoms with E-state index in [0.29, 0.717) is 75.4 Å². The average Bonchev–Trinajstić information content (AvgIpc) is 0.823. The van der Waals surface area contributed by atoms with Crippen molar-refractivity contribution in [2.45, 2.75) is 202 Å². The van der Waals surface area contributed by atoms with Crippen LogP contribution in [0.2, 0.25) is 0 Å². The van der Waals surface area contributed by atoms with Crippen molar-refractivity contribution < 1.29 is 120 Å². The number of aliphatic imine (C=N–C) groups is 1. The number of carbonyl (C=O) groups excluding carboxylic acids is 14. The van der Waals surface area contributed by atoms with Crippen LogP contribution in [0.3, 0.4) is 0 Å². The third kappa shape index (κ3) is 73.5. The zero-order chi connectivity index (χ0) is 99.0. The van der Waals surface area contributed by atoms with Crippen LogP contribution in [0.15, 0.2) is 135 Å². The molecular formula is C92H140Cl6N8O25. The summed E-state index contributed by atoms with van der Waals surface area (Å²) < 4.78 is 46.2. The quantitative estimate of drug-likeness (QED) is 0.00634. The number of hydrogen-bond donors (Lipinski definition) is 8. The van der Waals surface area contributed by atoms with Crippen molar-refractivity contribution in [2.75, 3.05) is 111 Å².